The molecule has 192 valence electrons. The maximum Gasteiger partial charge on any atom is 0.333 e. The zero-order valence-electron chi connectivity index (χ0n) is 18.5. The van der Waals surface area contributed by atoms with E-state index in [1.807, 2.05) is 0 Å². The minimum absolute atomic E-state index is 0.0736. The quantitative estimate of drug-likeness (QED) is 0.0955. The molecule has 3 rings (SSSR count). The third-order valence-electron chi connectivity index (χ3n) is 5.40. The van der Waals surface area contributed by atoms with Crippen molar-refractivity contribution >= 4 is 17.9 Å². The lowest BCUT2D eigenvalue weighted by Gasteiger charge is -2.26. The van der Waals surface area contributed by atoms with Crippen molar-refractivity contribution in [2.75, 3.05) is 6.79 Å². The average molecular weight is 514 g/mol. The second kappa shape index (κ2) is 11.6. The Morgan fingerprint density at radius 2 is 1.19 bits per heavy atom. The van der Waals surface area contributed by atoms with Gasteiger partial charge in [-0.15, -0.1) is 0 Å². The van der Waals surface area contributed by atoms with Crippen molar-refractivity contribution in [1.82, 2.24) is 0 Å². The second-order valence-electron chi connectivity index (χ2n) is 7.69. The third kappa shape index (κ3) is 6.18. The summed E-state index contributed by atoms with van der Waals surface area (Å²) < 4.78 is 86.9. The van der Waals surface area contributed by atoms with Crippen LogP contribution >= 0.6 is 0 Å². The van der Waals surface area contributed by atoms with Crippen LogP contribution in [0.1, 0.15) is 25.7 Å². The highest BCUT2D eigenvalue weighted by molar-refractivity contribution is 5.81. The first-order valence-corrected chi connectivity index (χ1v) is 10.6. The molecule has 0 saturated heterocycles. The minimum Gasteiger partial charge on any atom is -0.457 e. The number of rotatable bonds is 8. The van der Waals surface area contributed by atoms with E-state index in [1.54, 1.807) is 0 Å². The van der Waals surface area contributed by atoms with E-state index in [4.69, 9.17) is 9.47 Å². The van der Waals surface area contributed by atoms with Crippen LogP contribution in [0.15, 0.2) is 36.9 Å². The van der Waals surface area contributed by atoms with Crippen LogP contribution in [0.3, 0.4) is 0 Å². The first kappa shape index (κ1) is 26.6. The Hall–Kier alpha value is -3.96. The largest absolute Gasteiger partial charge is 0.457 e. The van der Waals surface area contributed by atoms with Crippen molar-refractivity contribution in [2.24, 2.45) is 11.8 Å². The highest BCUT2D eigenvalue weighted by atomic mass is 19.2. The number of ether oxygens (including phenoxy) is 4. The number of carbonyl (C=O) groups is 3. The van der Waals surface area contributed by atoms with E-state index in [1.165, 1.54) is 24.3 Å². The summed E-state index contributed by atoms with van der Waals surface area (Å²) in [7, 11) is 0. The summed E-state index contributed by atoms with van der Waals surface area (Å²) in [6.07, 6.45) is 1.47. The number of halogens is 5. The van der Waals surface area contributed by atoms with Crippen LogP contribution in [-0.4, -0.2) is 24.7 Å². The van der Waals surface area contributed by atoms with Crippen molar-refractivity contribution in [2.45, 2.75) is 25.7 Å². The summed E-state index contributed by atoms with van der Waals surface area (Å²) >= 11 is 0. The molecule has 2 aromatic carbocycles. The monoisotopic (exact) mass is 514 g/mol. The SMILES string of the molecule is C=CC(=O)OCOc1ccc(OC(=O)[C@H]2CC[C@H](C(=O)Oc3c(F)c(F)c(F)c(F)c3F)CC2)cc1. The maximum absolute atomic E-state index is 13.7. The molecule has 2 aromatic rings. The van der Waals surface area contributed by atoms with Crippen LogP contribution in [0.25, 0.3) is 0 Å². The van der Waals surface area contributed by atoms with Crippen molar-refractivity contribution in [1.29, 1.82) is 0 Å². The van der Waals surface area contributed by atoms with Crippen LogP contribution in [-0.2, 0) is 19.1 Å². The lowest BCUT2D eigenvalue weighted by molar-refractivity contribution is -0.145. The summed E-state index contributed by atoms with van der Waals surface area (Å²) in [6.45, 7) is 2.91. The highest BCUT2D eigenvalue weighted by Gasteiger charge is 2.34. The third-order valence-corrected chi connectivity index (χ3v) is 5.40. The molecule has 0 aliphatic heterocycles. The fourth-order valence-corrected chi connectivity index (χ4v) is 3.44. The molecule has 0 N–H and O–H groups in total. The number of esters is 3. The van der Waals surface area contributed by atoms with Gasteiger partial charge >= 0.3 is 17.9 Å². The van der Waals surface area contributed by atoms with Crippen LogP contribution < -0.4 is 14.2 Å². The lowest BCUT2D eigenvalue weighted by Crippen LogP contribution is -2.30. The van der Waals surface area contributed by atoms with E-state index < -0.39 is 64.6 Å². The van der Waals surface area contributed by atoms with Crippen LogP contribution in [0.4, 0.5) is 22.0 Å². The first-order chi connectivity index (χ1) is 17.1. The average Bonchev–Trinajstić information content (AvgIpc) is 2.89. The Balaban J connectivity index is 1.50. The van der Waals surface area contributed by atoms with Gasteiger partial charge in [-0.1, -0.05) is 6.58 Å². The molecule has 36 heavy (non-hydrogen) atoms. The summed E-state index contributed by atoms with van der Waals surface area (Å²) in [5.41, 5.74) is 0. The Bertz CT molecular complexity index is 1130. The van der Waals surface area contributed by atoms with Crippen LogP contribution in [0.2, 0.25) is 0 Å². The van der Waals surface area contributed by atoms with Crippen molar-refractivity contribution in [3.8, 4) is 17.2 Å². The van der Waals surface area contributed by atoms with E-state index in [-0.39, 0.29) is 38.2 Å². The van der Waals surface area contributed by atoms with Gasteiger partial charge in [0, 0.05) is 6.08 Å². The lowest BCUT2D eigenvalue weighted by atomic mass is 9.82. The summed E-state index contributed by atoms with van der Waals surface area (Å²) in [5.74, 6) is -16.3. The molecule has 1 fully saturated rings. The molecule has 0 radical (unpaired) electrons. The van der Waals surface area contributed by atoms with E-state index in [0.717, 1.165) is 6.08 Å². The molecule has 0 aromatic heterocycles. The molecule has 0 spiro atoms. The molecule has 1 aliphatic carbocycles. The molecule has 7 nitrogen and oxygen atoms in total. The normalized spacial score (nSPS) is 17.1. The Labute approximate surface area is 201 Å². The van der Waals surface area contributed by atoms with Gasteiger partial charge in [0.1, 0.15) is 11.5 Å². The molecule has 12 heteroatoms. The molecule has 1 aliphatic rings. The van der Waals surface area contributed by atoms with Gasteiger partial charge in [0.25, 0.3) is 0 Å². The Morgan fingerprint density at radius 3 is 1.69 bits per heavy atom. The van der Waals surface area contributed by atoms with Gasteiger partial charge in [-0.05, 0) is 49.9 Å². The van der Waals surface area contributed by atoms with Gasteiger partial charge in [0.2, 0.25) is 41.6 Å². The van der Waals surface area contributed by atoms with Gasteiger partial charge in [-0.2, -0.15) is 8.78 Å². The number of carbonyl (C=O) groups excluding carboxylic acids is 3. The number of hydrogen-bond acceptors (Lipinski definition) is 7. The van der Waals surface area contributed by atoms with Gasteiger partial charge in [-0.25, -0.2) is 18.0 Å². The standard InChI is InChI=1S/C24H19F5O7/c1-2-16(30)34-11-33-14-7-9-15(10-8-14)35-23(31)12-3-5-13(6-4-12)24(32)36-22-20(28)18(26)17(25)19(27)21(22)29/h2,7-10,12-13H,1,3-6,11H2/t12-,13-. The van der Waals surface area contributed by atoms with E-state index >= 15 is 0 Å². The summed E-state index contributed by atoms with van der Waals surface area (Å²) in [6, 6.07) is 5.87. The second-order valence-corrected chi connectivity index (χ2v) is 7.69. The number of hydrogen-bond donors (Lipinski definition) is 0. The van der Waals surface area contributed by atoms with E-state index in [9.17, 15) is 36.3 Å². The van der Waals surface area contributed by atoms with Crippen molar-refractivity contribution in [3.05, 3.63) is 66.0 Å². The predicted molar refractivity (Wildman–Crippen MR) is 111 cm³/mol. The topological polar surface area (TPSA) is 88.1 Å². The smallest absolute Gasteiger partial charge is 0.333 e. The van der Waals surface area contributed by atoms with Gasteiger partial charge in [-0.3, -0.25) is 9.59 Å². The number of benzene rings is 2. The fourth-order valence-electron chi connectivity index (χ4n) is 3.44. The highest BCUT2D eigenvalue weighted by Crippen LogP contribution is 2.34. The summed E-state index contributed by atoms with van der Waals surface area (Å²) in [5, 5.41) is 0. The van der Waals surface area contributed by atoms with Gasteiger partial charge in [0.05, 0.1) is 11.8 Å². The Morgan fingerprint density at radius 1 is 0.750 bits per heavy atom. The summed E-state index contributed by atoms with van der Waals surface area (Å²) in [4.78, 5) is 35.7. The van der Waals surface area contributed by atoms with Gasteiger partial charge in [0.15, 0.2) is 0 Å². The maximum atomic E-state index is 13.7. The first-order valence-electron chi connectivity index (χ1n) is 10.6. The molecule has 0 atom stereocenters. The molecule has 0 heterocycles. The zero-order valence-corrected chi connectivity index (χ0v) is 18.5. The van der Waals surface area contributed by atoms with Crippen molar-refractivity contribution in [3.63, 3.8) is 0 Å². The van der Waals surface area contributed by atoms with Crippen molar-refractivity contribution < 1.29 is 55.3 Å². The van der Waals surface area contributed by atoms with Gasteiger partial charge < -0.3 is 18.9 Å². The van der Waals surface area contributed by atoms with E-state index in [2.05, 4.69) is 16.1 Å². The van der Waals surface area contributed by atoms with Crippen LogP contribution in [0, 0.1) is 40.9 Å². The predicted octanol–water partition coefficient (Wildman–Crippen LogP) is 4.77. The minimum atomic E-state index is -2.36. The van der Waals surface area contributed by atoms with Crippen LogP contribution in [0.5, 0.6) is 17.2 Å². The van der Waals surface area contributed by atoms with E-state index in [0.29, 0.717) is 5.75 Å². The fraction of sp³-hybridized carbons (Fsp3) is 0.292. The molecule has 0 unspecified atom stereocenters. The molecular weight excluding hydrogens is 495 g/mol. The molecule has 0 bridgehead atoms. The Kier molecular flexibility index (Phi) is 8.62. The zero-order chi connectivity index (χ0) is 26.4. The molecule has 1 saturated carbocycles. The molecular formula is C24H19F5O7. The molecule has 0 amide bonds.